The van der Waals surface area contributed by atoms with Gasteiger partial charge in [0.2, 0.25) is 0 Å². The number of nitrogens with two attached hydrogens (primary N) is 1. The van der Waals surface area contributed by atoms with Crippen molar-refractivity contribution in [1.29, 1.82) is 0 Å². The number of hydrogen-bond acceptors (Lipinski definition) is 3. The molecule has 2 aromatic rings. The molecule has 76 valence electrons. The lowest BCUT2D eigenvalue weighted by Crippen LogP contribution is -1.97. The normalized spacial score (nSPS) is 10.5. The molecule has 3 heteroatoms. The molecule has 2 rings (SSSR count). The third kappa shape index (κ3) is 1.42. The van der Waals surface area contributed by atoms with E-state index in [1.165, 1.54) is 13.0 Å². The lowest BCUT2D eigenvalue weighted by Gasteiger charge is -2.08. The second-order valence-electron chi connectivity index (χ2n) is 3.46. The highest BCUT2D eigenvalue weighted by molar-refractivity contribution is 6.07. The minimum Gasteiger partial charge on any atom is -0.507 e. The van der Waals surface area contributed by atoms with Gasteiger partial charge in [0.1, 0.15) is 5.75 Å². The van der Waals surface area contributed by atoms with E-state index in [1.54, 1.807) is 12.1 Å². The molecular formula is C12H11NO2. The van der Waals surface area contributed by atoms with E-state index in [1.807, 2.05) is 12.1 Å². The molecular weight excluding hydrogens is 190 g/mol. The van der Waals surface area contributed by atoms with Crippen molar-refractivity contribution in [3.05, 3.63) is 35.9 Å². The van der Waals surface area contributed by atoms with Crippen molar-refractivity contribution in [1.82, 2.24) is 0 Å². The van der Waals surface area contributed by atoms with E-state index in [0.717, 1.165) is 5.39 Å². The van der Waals surface area contributed by atoms with E-state index in [9.17, 15) is 9.90 Å². The zero-order chi connectivity index (χ0) is 11.0. The van der Waals surface area contributed by atoms with Crippen LogP contribution in [0.2, 0.25) is 0 Å². The molecule has 2 aromatic carbocycles. The Hall–Kier alpha value is -2.03. The second-order valence-corrected chi connectivity index (χ2v) is 3.46. The number of Topliss-reactive ketones (excluding diaryl/α,β-unsaturated/α-hetero) is 1. The highest BCUT2D eigenvalue weighted by Gasteiger charge is 2.12. The summed E-state index contributed by atoms with van der Waals surface area (Å²) in [5.74, 6) is -0.183. The van der Waals surface area contributed by atoms with Crippen molar-refractivity contribution in [3.8, 4) is 5.75 Å². The fraction of sp³-hybridized carbons (Fsp3) is 0.0833. The molecule has 0 unspecified atom stereocenters. The third-order valence-electron chi connectivity index (χ3n) is 2.43. The third-order valence-corrected chi connectivity index (χ3v) is 2.43. The number of phenols is 1. The summed E-state index contributed by atoms with van der Waals surface area (Å²) >= 11 is 0. The predicted molar refractivity (Wildman–Crippen MR) is 60.0 cm³/mol. The smallest absolute Gasteiger partial charge is 0.163 e. The van der Waals surface area contributed by atoms with Gasteiger partial charge in [-0.1, -0.05) is 24.3 Å². The molecule has 15 heavy (non-hydrogen) atoms. The monoisotopic (exact) mass is 201 g/mol. The predicted octanol–water partition coefficient (Wildman–Crippen LogP) is 2.33. The average Bonchev–Trinajstić information content (AvgIpc) is 2.23. The first-order valence-electron chi connectivity index (χ1n) is 4.62. The number of rotatable bonds is 1. The van der Waals surface area contributed by atoms with Crippen LogP contribution in [0.15, 0.2) is 30.3 Å². The van der Waals surface area contributed by atoms with Crippen LogP contribution in [-0.4, -0.2) is 10.9 Å². The van der Waals surface area contributed by atoms with Crippen LogP contribution in [0.25, 0.3) is 10.8 Å². The van der Waals surface area contributed by atoms with Gasteiger partial charge in [-0.2, -0.15) is 0 Å². The summed E-state index contributed by atoms with van der Waals surface area (Å²) in [7, 11) is 0. The Morgan fingerprint density at radius 3 is 2.47 bits per heavy atom. The quantitative estimate of drug-likeness (QED) is 0.423. The average molecular weight is 201 g/mol. The van der Waals surface area contributed by atoms with Crippen molar-refractivity contribution in [2.75, 3.05) is 5.73 Å². The largest absolute Gasteiger partial charge is 0.507 e. The topological polar surface area (TPSA) is 63.3 Å². The Morgan fingerprint density at radius 2 is 1.87 bits per heavy atom. The molecule has 0 aliphatic heterocycles. The van der Waals surface area contributed by atoms with Crippen LogP contribution < -0.4 is 5.73 Å². The fourth-order valence-electron chi connectivity index (χ4n) is 1.66. The van der Waals surface area contributed by atoms with Crippen LogP contribution in [0.1, 0.15) is 17.3 Å². The molecule has 3 nitrogen and oxygen atoms in total. The summed E-state index contributed by atoms with van der Waals surface area (Å²) in [4.78, 5) is 11.2. The minimum absolute atomic E-state index is 0.00676. The summed E-state index contributed by atoms with van der Waals surface area (Å²) in [6.45, 7) is 1.41. The molecule has 0 bridgehead atoms. The molecule has 3 N–H and O–H groups in total. The molecule has 0 spiro atoms. The SMILES string of the molecule is CC(=O)c1cc(N)c2ccccc2c1O. The van der Waals surface area contributed by atoms with Gasteiger partial charge in [-0.3, -0.25) is 4.79 Å². The summed E-state index contributed by atoms with van der Waals surface area (Å²) in [5, 5.41) is 11.2. The molecule has 0 aromatic heterocycles. The standard InChI is InChI=1S/C12H11NO2/c1-7(14)10-6-11(13)8-4-2-3-5-9(8)12(10)15/h2-6,15H,13H2,1H3. The summed E-state index contributed by atoms with van der Waals surface area (Å²) in [6.07, 6.45) is 0. The maximum atomic E-state index is 11.2. The molecule has 0 saturated heterocycles. The van der Waals surface area contributed by atoms with Crippen molar-refractivity contribution >= 4 is 22.2 Å². The molecule has 0 heterocycles. The van der Waals surface area contributed by atoms with Crippen LogP contribution in [-0.2, 0) is 0 Å². The molecule has 0 saturated carbocycles. The molecule has 0 aliphatic carbocycles. The summed E-state index contributed by atoms with van der Waals surface area (Å²) in [6, 6.07) is 8.71. The zero-order valence-corrected chi connectivity index (χ0v) is 8.32. The van der Waals surface area contributed by atoms with Crippen molar-refractivity contribution in [3.63, 3.8) is 0 Å². The summed E-state index contributed by atoms with van der Waals surface area (Å²) in [5.41, 5.74) is 6.58. The van der Waals surface area contributed by atoms with Gasteiger partial charge in [-0.15, -0.1) is 0 Å². The van der Waals surface area contributed by atoms with Gasteiger partial charge < -0.3 is 10.8 Å². The number of anilines is 1. The Balaban J connectivity index is 2.90. The van der Waals surface area contributed by atoms with E-state index < -0.39 is 0 Å². The van der Waals surface area contributed by atoms with Crippen LogP contribution in [0.5, 0.6) is 5.75 Å². The van der Waals surface area contributed by atoms with Crippen molar-refractivity contribution < 1.29 is 9.90 Å². The fourth-order valence-corrected chi connectivity index (χ4v) is 1.66. The first kappa shape index (κ1) is 9.52. The molecule has 0 amide bonds. The molecule has 0 aliphatic rings. The van der Waals surface area contributed by atoms with Gasteiger partial charge in [0.15, 0.2) is 5.78 Å². The van der Waals surface area contributed by atoms with E-state index >= 15 is 0 Å². The van der Waals surface area contributed by atoms with Crippen molar-refractivity contribution in [2.45, 2.75) is 6.92 Å². The van der Waals surface area contributed by atoms with Crippen molar-refractivity contribution in [2.24, 2.45) is 0 Å². The van der Waals surface area contributed by atoms with E-state index in [-0.39, 0.29) is 17.1 Å². The minimum atomic E-state index is -0.190. The molecule has 0 radical (unpaired) electrons. The maximum absolute atomic E-state index is 11.2. The highest BCUT2D eigenvalue weighted by atomic mass is 16.3. The number of aromatic hydroxyl groups is 1. The van der Waals surface area contributed by atoms with Gasteiger partial charge >= 0.3 is 0 Å². The number of benzene rings is 2. The number of carbonyl (C=O) groups excluding carboxylic acids is 1. The number of hydrogen-bond donors (Lipinski definition) is 2. The number of carbonyl (C=O) groups is 1. The van der Waals surface area contributed by atoms with E-state index in [0.29, 0.717) is 11.1 Å². The van der Waals surface area contributed by atoms with Crippen LogP contribution >= 0.6 is 0 Å². The van der Waals surface area contributed by atoms with Gasteiger partial charge in [-0.05, 0) is 13.0 Å². The molecule has 0 atom stereocenters. The Kier molecular flexibility index (Phi) is 2.08. The Bertz CT molecular complexity index is 547. The second kappa shape index (κ2) is 3.28. The van der Waals surface area contributed by atoms with Gasteiger partial charge in [0.25, 0.3) is 0 Å². The van der Waals surface area contributed by atoms with Gasteiger partial charge in [0.05, 0.1) is 5.56 Å². The van der Waals surface area contributed by atoms with Crippen LogP contribution in [0.4, 0.5) is 5.69 Å². The van der Waals surface area contributed by atoms with E-state index in [4.69, 9.17) is 5.73 Å². The highest BCUT2D eigenvalue weighted by Crippen LogP contribution is 2.33. The molecule has 0 fully saturated rings. The number of fused-ring (bicyclic) bond motifs is 1. The van der Waals surface area contributed by atoms with Gasteiger partial charge in [0, 0.05) is 16.5 Å². The Labute approximate surface area is 87.1 Å². The van der Waals surface area contributed by atoms with E-state index in [2.05, 4.69) is 0 Å². The maximum Gasteiger partial charge on any atom is 0.163 e. The Morgan fingerprint density at radius 1 is 1.27 bits per heavy atom. The number of phenolic OH excluding ortho intramolecular Hbond substituents is 1. The zero-order valence-electron chi connectivity index (χ0n) is 8.32. The number of nitrogen functional groups attached to an aromatic ring is 1. The lowest BCUT2D eigenvalue weighted by molar-refractivity contribution is 0.101. The van der Waals surface area contributed by atoms with Crippen LogP contribution in [0.3, 0.4) is 0 Å². The number of ketones is 1. The van der Waals surface area contributed by atoms with Gasteiger partial charge in [-0.25, -0.2) is 0 Å². The summed E-state index contributed by atoms with van der Waals surface area (Å²) < 4.78 is 0. The first-order valence-corrected chi connectivity index (χ1v) is 4.62. The first-order chi connectivity index (χ1) is 7.11. The lowest BCUT2D eigenvalue weighted by atomic mass is 10.0. The van der Waals surface area contributed by atoms with Crippen LogP contribution in [0, 0.1) is 0 Å².